The quantitative estimate of drug-likeness (QED) is 0.257. The number of aromatic nitrogens is 2. The molecule has 1 aromatic carbocycles. The summed E-state index contributed by atoms with van der Waals surface area (Å²) in [7, 11) is 2.14. The first-order chi connectivity index (χ1) is 17.8. The number of piperazine rings is 1. The summed E-state index contributed by atoms with van der Waals surface area (Å²) in [5, 5.41) is 8.28. The minimum Gasteiger partial charge on any atom is -0.396 e. The molecule has 37 heavy (non-hydrogen) atoms. The van der Waals surface area contributed by atoms with Gasteiger partial charge in [-0.3, -0.25) is 4.40 Å². The van der Waals surface area contributed by atoms with E-state index in [0.29, 0.717) is 17.9 Å². The molecule has 1 aliphatic heterocycles. The first-order valence-corrected chi connectivity index (χ1v) is 12.0. The van der Waals surface area contributed by atoms with Crippen LogP contribution < -0.4 is 10.6 Å². The van der Waals surface area contributed by atoms with Crippen LogP contribution in [0.1, 0.15) is 12.0 Å². The van der Waals surface area contributed by atoms with Gasteiger partial charge in [0, 0.05) is 55.7 Å². The number of hydrogen-bond donors (Lipinski definition) is 2. The van der Waals surface area contributed by atoms with Crippen molar-refractivity contribution >= 4 is 23.6 Å². The lowest BCUT2D eigenvalue weighted by Crippen LogP contribution is -2.44. The van der Waals surface area contributed by atoms with Crippen molar-refractivity contribution in [2.45, 2.75) is 12.6 Å². The van der Waals surface area contributed by atoms with Gasteiger partial charge >= 0.3 is 12.2 Å². The Labute approximate surface area is 212 Å². The van der Waals surface area contributed by atoms with Crippen LogP contribution in [0.25, 0.3) is 16.9 Å². The fraction of sp³-hybridized carbons (Fsp3) is 0.400. The van der Waals surface area contributed by atoms with Crippen molar-refractivity contribution in [3.8, 4) is 11.3 Å². The van der Waals surface area contributed by atoms with Crippen LogP contribution >= 0.6 is 0 Å². The number of alkyl halides is 3. The van der Waals surface area contributed by atoms with E-state index < -0.39 is 18.8 Å². The highest BCUT2D eigenvalue weighted by Gasteiger charge is 2.27. The topological polar surface area (TPSA) is 86.5 Å². The van der Waals surface area contributed by atoms with Crippen LogP contribution in [0.3, 0.4) is 0 Å². The van der Waals surface area contributed by atoms with Crippen LogP contribution in [-0.4, -0.2) is 90.5 Å². The Morgan fingerprint density at radius 1 is 1.19 bits per heavy atom. The summed E-state index contributed by atoms with van der Waals surface area (Å²) in [6.07, 6.45) is 1.63. The molecular weight excluding hydrogens is 487 g/mol. The van der Waals surface area contributed by atoms with E-state index in [4.69, 9.17) is 4.84 Å². The summed E-state index contributed by atoms with van der Waals surface area (Å²) in [6.45, 7) is 4.52. The predicted molar refractivity (Wildman–Crippen MR) is 136 cm³/mol. The zero-order valence-electron chi connectivity index (χ0n) is 20.5. The van der Waals surface area contributed by atoms with Gasteiger partial charge < -0.3 is 25.3 Å². The van der Waals surface area contributed by atoms with Crippen molar-refractivity contribution in [3.63, 3.8) is 0 Å². The van der Waals surface area contributed by atoms with Gasteiger partial charge in [-0.25, -0.2) is 9.78 Å². The standard InChI is InChI=1S/C25H30F3N7O2/c1-33-9-11-34(12-10-33)7-3-13-37-31-16-19-6-8-35-22(17-29-23(35)14-19)20-4-2-5-21(15-20)32-24(36)30-18-25(26,27)28/h2,4-6,8,14-17H,3,7,9-13,18H2,1H3,(H2,30,32,36). The molecule has 2 amide bonds. The van der Waals surface area contributed by atoms with E-state index in [1.165, 1.54) is 0 Å². The SMILES string of the molecule is CN1CCN(CCCON=Cc2ccn3c(-c4cccc(NC(=O)NCC(F)(F)F)c4)cnc3c2)CC1. The fourth-order valence-electron chi connectivity index (χ4n) is 3.98. The van der Waals surface area contributed by atoms with Gasteiger partial charge in [-0.2, -0.15) is 13.2 Å². The van der Waals surface area contributed by atoms with Crippen molar-refractivity contribution in [2.75, 3.05) is 58.2 Å². The smallest absolute Gasteiger partial charge is 0.396 e. The van der Waals surface area contributed by atoms with E-state index in [2.05, 4.69) is 32.3 Å². The van der Waals surface area contributed by atoms with Crippen LogP contribution in [0.4, 0.5) is 23.7 Å². The molecule has 2 aromatic heterocycles. The fourth-order valence-corrected chi connectivity index (χ4v) is 3.98. The number of fused-ring (bicyclic) bond motifs is 1. The molecule has 9 nitrogen and oxygen atoms in total. The minimum atomic E-state index is -4.48. The molecule has 1 fully saturated rings. The highest BCUT2D eigenvalue weighted by molar-refractivity contribution is 5.90. The van der Waals surface area contributed by atoms with Gasteiger partial charge in [-0.05, 0) is 37.7 Å². The van der Waals surface area contributed by atoms with E-state index in [1.54, 1.807) is 35.9 Å². The lowest BCUT2D eigenvalue weighted by molar-refractivity contribution is -0.122. The van der Waals surface area contributed by atoms with Crippen molar-refractivity contribution in [1.82, 2.24) is 24.5 Å². The van der Waals surface area contributed by atoms with E-state index in [-0.39, 0.29) is 0 Å². The molecule has 2 N–H and O–H groups in total. The number of oxime groups is 1. The van der Waals surface area contributed by atoms with Gasteiger partial charge in [0.15, 0.2) is 0 Å². The number of rotatable bonds is 9. The molecule has 1 saturated heterocycles. The molecule has 198 valence electrons. The van der Waals surface area contributed by atoms with Gasteiger partial charge in [0.25, 0.3) is 0 Å². The average molecular weight is 518 g/mol. The average Bonchev–Trinajstić information content (AvgIpc) is 3.29. The molecule has 0 radical (unpaired) electrons. The number of benzene rings is 1. The number of nitrogens with one attached hydrogen (secondary N) is 2. The Kier molecular flexibility index (Phi) is 8.62. The van der Waals surface area contributed by atoms with Crippen LogP contribution in [-0.2, 0) is 4.84 Å². The molecule has 4 rings (SSSR count). The largest absolute Gasteiger partial charge is 0.405 e. The summed E-state index contributed by atoms with van der Waals surface area (Å²) in [5.74, 6) is 0. The summed E-state index contributed by atoms with van der Waals surface area (Å²) < 4.78 is 38.8. The maximum Gasteiger partial charge on any atom is 0.405 e. The van der Waals surface area contributed by atoms with E-state index in [9.17, 15) is 18.0 Å². The number of carbonyl (C=O) groups is 1. The second-order valence-corrected chi connectivity index (χ2v) is 8.90. The number of amides is 2. The predicted octanol–water partition coefficient (Wildman–Crippen LogP) is 3.67. The maximum absolute atomic E-state index is 12.3. The summed E-state index contributed by atoms with van der Waals surface area (Å²) in [4.78, 5) is 26.4. The summed E-state index contributed by atoms with van der Waals surface area (Å²) in [6, 6.07) is 9.61. The second kappa shape index (κ2) is 12.1. The third-order valence-corrected chi connectivity index (χ3v) is 5.99. The number of pyridine rings is 1. The second-order valence-electron chi connectivity index (χ2n) is 8.90. The highest BCUT2D eigenvalue weighted by Crippen LogP contribution is 2.24. The van der Waals surface area contributed by atoms with Gasteiger partial charge in [-0.15, -0.1) is 0 Å². The number of hydrogen-bond acceptors (Lipinski definition) is 6. The molecule has 3 heterocycles. The van der Waals surface area contributed by atoms with E-state index in [0.717, 1.165) is 56.0 Å². The number of nitrogens with zero attached hydrogens (tertiary/aromatic N) is 5. The molecular formula is C25H30F3N7O2. The zero-order chi connectivity index (χ0) is 26.3. The van der Waals surface area contributed by atoms with Crippen LogP contribution in [0.15, 0.2) is 53.9 Å². The normalized spacial score (nSPS) is 15.4. The highest BCUT2D eigenvalue weighted by atomic mass is 19.4. The maximum atomic E-state index is 12.3. The molecule has 0 aliphatic carbocycles. The van der Waals surface area contributed by atoms with E-state index in [1.807, 2.05) is 28.8 Å². The third-order valence-electron chi connectivity index (χ3n) is 5.99. The molecule has 12 heteroatoms. The number of urea groups is 1. The first kappa shape index (κ1) is 26.4. The lowest BCUT2D eigenvalue weighted by Gasteiger charge is -2.32. The van der Waals surface area contributed by atoms with Crippen LogP contribution in [0.2, 0.25) is 0 Å². The Morgan fingerprint density at radius 3 is 2.78 bits per heavy atom. The van der Waals surface area contributed by atoms with Crippen molar-refractivity contribution < 1.29 is 22.8 Å². The van der Waals surface area contributed by atoms with Crippen LogP contribution in [0, 0.1) is 0 Å². The Morgan fingerprint density at radius 2 is 2.00 bits per heavy atom. The molecule has 0 bridgehead atoms. The molecule has 0 saturated carbocycles. The van der Waals surface area contributed by atoms with Crippen molar-refractivity contribution in [3.05, 3.63) is 54.4 Å². The Bertz CT molecular complexity index is 1220. The number of imidazole rings is 1. The van der Waals surface area contributed by atoms with Crippen molar-refractivity contribution in [1.29, 1.82) is 0 Å². The van der Waals surface area contributed by atoms with Gasteiger partial charge in [-0.1, -0.05) is 17.3 Å². The summed E-state index contributed by atoms with van der Waals surface area (Å²) in [5.41, 5.74) is 3.39. The van der Waals surface area contributed by atoms with Gasteiger partial charge in [0.1, 0.15) is 18.8 Å². The first-order valence-electron chi connectivity index (χ1n) is 12.0. The molecule has 1 aliphatic rings. The molecule has 3 aromatic rings. The lowest BCUT2D eigenvalue weighted by atomic mass is 10.1. The molecule has 0 atom stereocenters. The van der Waals surface area contributed by atoms with E-state index >= 15 is 0 Å². The Hall–Kier alpha value is -3.64. The zero-order valence-corrected chi connectivity index (χ0v) is 20.5. The molecule has 0 spiro atoms. The number of carbonyl (C=O) groups excluding carboxylic acids is 1. The van der Waals surface area contributed by atoms with Crippen LogP contribution in [0.5, 0.6) is 0 Å². The monoisotopic (exact) mass is 517 g/mol. The number of halogens is 3. The summed E-state index contributed by atoms with van der Waals surface area (Å²) >= 11 is 0. The third kappa shape index (κ3) is 7.92. The van der Waals surface area contributed by atoms with Gasteiger partial charge in [0.05, 0.1) is 18.1 Å². The Balaban J connectivity index is 1.31. The van der Waals surface area contributed by atoms with Crippen molar-refractivity contribution in [2.24, 2.45) is 5.16 Å². The number of anilines is 1. The minimum absolute atomic E-state index is 0.362. The van der Waals surface area contributed by atoms with Gasteiger partial charge in [0.2, 0.25) is 0 Å². The molecule has 0 unspecified atom stereocenters. The number of likely N-dealkylation sites (N-methyl/N-ethyl adjacent to an activating group) is 1.